The molecule has 5 rings (SSSR count). The lowest BCUT2D eigenvalue weighted by molar-refractivity contribution is -0.134. The second-order valence-electron chi connectivity index (χ2n) is 7.68. The van der Waals surface area contributed by atoms with Gasteiger partial charge in [-0.05, 0) is 37.0 Å². The topological polar surface area (TPSA) is 59.5 Å². The number of esters is 1. The highest BCUT2D eigenvalue weighted by Gasteiger charge is 2.58. The number of nitrogens with zero attached hydrogens (tertiary/aromatic N) is 2. The van der Waals surface area contributed by atoms with Gasteiger partial charge in [0.2, 0.25) is 5.91 Å². The van der Waals surface area contributed by atoms with Gasteiger partial charge in [0.15, 0.2) is 5.60 Å². The van der Waals surface area contributed by atoms with Crippen molar-refractivity contribution in [1.29, 1.82) is 0 Å². The van der Waals surface area contributed by atoms with E-state index in [4.69, 9.17) is 4.74 Å². The Morgan fingerprint density at radius 2 is 1.96 bits per heavy atom. The SMILES string of the molecule is Cc1ccccc1C1(C(=O)N2CCC3(C2)OC(=O)c2cnccc23)CC1. The van der Waals surface area contributed by atoms with Gasteiger partial charge in [-0.2, -0.15) is 0 Å². The Bertz CT molecular complexity index is 934. The maximum absolute atomic E-state index is 13.4. The second kappa shape index (κ2) is 5.16. The Kier molecular flexibility index (Phi) is 3.09. The molecule has 5 heteroatoms. The molecule has 1 saturated heterocycles. The van der Waals surface area contributed by atoms with Crippen molar-refractivity contribution in [1.82, 2.24) is 9.88 Å². The van der Waals surface area contributed by atoms with Gasteiger partial charge >= 0.3 is 5.97 Å². The Balaban J connectivity index is 1.45. The van der Waals surface area contributed by atoms with Crippen molar-refractivity contribution in [2.75, 3.05) is 13.1 Å². The lowest BCUT2D eigenvalue weighted by Crippen LogP contribution is -2.40. The summed E-state index contributed by atoms with van der Waals surface area (Å²) >= 11 is 0. The molecule has 3 heterocycles. The predicted molar refractivity (Wildman–Crippen MR) is 94.6 cm³/mol. The van der Waals surface area contributed by atoms with Crippen LogP contribution >= 0.6 is 0 Å². The van der Waals surface area contributed by atoms with Gasteiger partial charge in [-0.15, -0.1) is 0 Å². The van der Waals surface area contributed by atoms with Crippen molar-refractivity contribution in [3.63, 3.8) is 0 Å². The number of benzene rings is 1. The number of likely N-dealkylation sites (tertiary alicyclic amines) is 1. The van der Waals surface area contributed by atoms with Gasteiger partial charge in [0.1, 0.15) is 0 Å². The summed E-state index contributed by atoms with van der Waals surface area (Å²) in [5, 5.41) is 0. The summed E-state index contributed by atoms with van der Waals surface area (Å²) in [5.74, 6) is -0.162. The van der Waals surface area contributed by atoms with E-state index < -0.39 is 5.60 Å². The van der Waals surface area contributed by atoms with Crippen LogP contribution < -0.4 is 0 Å². The lowest BCUT2D eigenvalue weighted by Gasteiger charge is -2.27. The fourth-order valence-corrected chi connectivity index (χ4v) is 4.64. The Labute approximate surface area is 152 Å². The first kappa shape index (κ1) is 15.6. The largest absolute Gasteiger partial charge is 0.449 e. The number of amides is 1. The molecule has 1 spiro atoms. The fraction of sp³-hybridized carbons (Fsp3) is 0.381. The molecule has 132 valence electrons. The van der Waals surface area contributed by atoms with Crippen molar-refractivity contribution in [3.8, 4) is 0 Å². The van der Waals surface area contributed by atoms with Crippen molar-refractivity contribution in [2.45, 2.75) is 37.2 Å². The van der Waals surface area contributed by atoms with Crippen molar-refractivity contribution in [2.24, 2.45) is 0 Å². The standard InChI is InChI=1S/C21H20N2O3/c1-14-4-2-3-5-16(14)20(7-8-20)19(25)23-11-9-21(13-23)17-6-10-22-12-15(17)18(24)26-21/h2-6,10,12H,7-9,11,13H2,1H3. The molecule has 1 aromatic carbocycles. The quantitative estimate of drug-likeness (QED) is 0.783. The number of carbonyl (C=O) groups is 2. The number of aromatic nitrogens is 1. The highest BCUT2D eigenvalue weighted by molar-refractivity contribution is 5.95. The van der Waals surface area contributed by atoms with Crippen LogP contribution in [0.4, 0.5) is 0 Å². The van der Waals surface area contributed by atoms with E-state index >= 15 is 0 Å². The minimum absolute atomic E-state index is 0.169. The molecule has 1 aliphatic carbocycles. The summed E-state index contributed by atoms with van der Waals surface area (Å²) < 4.78 is 5.75. The summed E-state index contributed by atoms with van der Waals surface area (Å²) in [7, 11) is 0. The Morgan fingerprint density at radius 3 is 2.73 bits per heavy atom. The van der Waals surface area contributed by atoms with Gasteiger partial charge in [0.25, 0.3) is 0 Å². The van der Waals surface area contributed by atoms with E-state index in [1.807, 2.05) is 23.1 Å². The first-order chi connectivity index (χ1) is 12.6. The van der Waals surface area contributed by atoms with Crippen molar-refractivity contribution in [3.05, 3.63) is 65.0 Å². The van der Waals surface area contributed by atoms with E-state index in [0.29, 0.717) is 25.1 Å². The molecule has 3 aliphatic rings. The lowest BCUT2D eigenvalue weighted by atomic mass is 9.90. The van der Waals surface area contributed by atoms with E-state index in [0.717, 1.165) is 29.5 Å². The highest BCUT2D eigenvalue weighted by Crippen LogP contribution is 2.52. The van der Waals surface area contributed by atoms with Crippen LogP contribution in [0, 0.1) is 6.92 Å². The molecule has 0 N–H and O–H groups in total. The predicted octanol–water partition coefficient (Wildman–Crippen LogP) is 2.72. The molecule has 26 heavy (non-hydrogen) atoms. The molecule has 2 aromatic rings. The van der Waals surface area contributed by atoms with E-state index in [1.165, 1.54) is 0 Å². The number of hydrogen-bond donors (Lipinski definition) is 0. The zero-order chi connectivity index (χ0) is 17.9. The Hall–Kier alpha value is -2.69. The van der Waals surface area contributed by atoms with E-state index in [9.17, 15) is 9.59 Å². The minimum Gasteiger partial charge on any atom is -0.449 e. The van der Waals surface area contributed by atoms with Gasteiger partial charge in [-0.1, -0.05) is 24.3 Å². The average Bonchev–Trinajstić information content (AvgIpc) is 3.28. The third-order valence-corrected chi connectivity index (χ3v) is 6.16. The fourth-order valence-electron chi connectivity index (χ4n) is 4.64. The molecular weight excluding hydrogens is 328 g/mol. The first-order valence-electron chi connectivity index (χ1n) is 9.09. The van der Waals surface area contributed by atoms with Crippen LogP contribution in [-0.2, 0) is 20.5 Å². The summed E-state index contributed by atoms with van der Waals surface area (Å²) in [6.07, 6.45) is 5.67. The summed E-state index contributed by atoms with van der Waals surface area (Å²) in [5.41, 5.74) is 2.61. The van der Waals surface area contributed by atoms with E-state index in [1.54, 1.807) is 12.4 Å². The molecular formula is C21H20N2O3. The minimum atomic E-state index is -0.702. The number of carbonyl (C=O) groups excluding carboxylic acids is 2. The first-order valence-corrected chi connectivity index (χ1v) is 9.09. The second-order valence-corrected chi connectivity index (χ2v) is 7.68. The van der Waals surface area contributed by atoms with Crippen LogP contribution in [0.1, 0.15) is 46.3 Å². The normalized spacial score (nSPS) is 25.3. The maximum Gasteiger partial charge on any atom is 0.341 e. The van der Waals surface area contributed by atoms with Crippen LogP contribution in [0.2, 0.25) is 0 Å². The van der Waals surface area contributed by atoms with Crippen LogP contribution in [0.5, 0.6) is 0 Å². The van der Waals surface area contributed by atoms with Crippen molar-refractivity contribution < 1.29 is 14.3 Å². The van der Waals surface area contributed by atoms with E-state index in [-0.39, 0.29) is 17.3 Å². The zero-order valence-corrected chi connectivity index (χ0v) is 14.7. The Morgan fingerprint density at radius 1 is 1.15 bits per heavy atom. The zero-order valence-electron chi connectivity index (χ0n) is 14.7. The highest BCUT2D eigenvalue weighted by atomic mass is 16.6. The van der Waals surface area contributed by atoms with Crippen LogP contribution in [-0.4, -0.2) is 34.8 Å². The van der Waals surface area contributed by atoms with Gasteiger partial charge in [0.05, 0.1) is 17.5 Å². The van der Waals surface area contributed by atoms with Crippen LogP contribution in [0.15, 0.2) is 42.7 Å². The summed E-state index contributed by atoms with van der Waals surface area (Å²) in [6.45, 7) is 3.11. The molecule has 1 saturated carbocycles. The number of aryl methyl sites for hydroxylation is 1. The number of pyridine rings is 1. The molecule has 1 unspecified atom stereocenters. The molecule has 1 amide bonds. The number of fused-ring (bicyclic) bond motifs is 2. The molecule has 5 nitrogen and oxygen atoms in total. The molecule has 2 fully saturated rings. The molecule has 1 atom stereocenters. The van der Waals surface area contributed by atoms with Gasteiger partial charge in [-0.25, -0.2) is 4.79 Å². The summed E-state index contributed by atoms with van der Waals surface area (Å²) in [4.78, 5) is 31.5. The van der Waals surface area contributed by atoms with Crippen molar-refractivity contribution >= 4 is 11.9 Å². The third kappa shape index (κ3) is 2.00. The molecule has 0 radical (unpaired) electrons. The van der Waals surface area contributed by atoms with E-state index in [2.05, 4.69) is 24.0 Å². The molecule has 2 aliphatic heterocycles. The maximum atomic E-state index is 13.4. The smallest absolute Gasteiger partial charge is 0.341 e. The van der Waals surface area contributed by atoms with Gasteiger partial charge in [0, 0.05) is 30.9 Å². The number of hydrogen-bond acceptors (Lipinski definition) is 4. The average molecular weight is 348 g/mol. The summed E-state index contributed by atoms with van der Waals surface area (Å²) in [6, 6.07) is 10.00. The third-order valence-electron chi connectivity index (χ3n) is 6.16. The molecule has 0 bridgehead atoms. The molecule has 1 aromatic heterocycles. The monoisotopic (exact) mass is 348 g/mol. The number of rotatable bonds is 2. The van der Waals surface area contributed by atoms with Crippen LogP contribution in [0.3, 0.4) is 0 Å². The van der Waals surface area contributed by atoms with Crippen LogP contribution in [0.25, 0.3) is 0 Å². The van der Waals surface area contributed by atoms with Gasteiger partial charge in [-0.3, -0.25) is 9.78 Å². The number of ether oxygens (including phenoxy) is 1. The van der Waals surface area contributed by atoms with Gasteiger partial charge < -0.3 is 9.64 Å².